The highest BCUT2D eigenvalue weighted by Crippen LogP contribution is 2.12. The van der Waals surface area contributed by atoms with Gasteiger partial charge in [0.25, 0.3) is 5.91 Å². The van der Waals surface area contributed by atoms with E-state index < -0.39 is 5.97 Å². The van der Waals surface area contributed by atoms with Crippen molar-refractivity contribution in [3.8, 4) is 5.75 Å². The maximum Gasteiger partial charge on any atom is 0.325 e. The maximum atomic E-state index is 11.8. The number of hydrogen-bond donors (Lipinski definition) is 1. The van der Waals surface area contributed by atoms with Gasteiger partial charge in [0, 0.05) is 5.56 Å². The van der Waals surface area contributed by atoms with Crippen LogP contribution in [0.5, 0.6) is 5.75 Å². The monoisotopic (exact) mass is 265 g/mol. The van der Waals surface area contributed by atoms with Crippen molar-refractivity contribution in [3.63, 3.8) is 0 Å². The van der Waals surface area contributed by atoms with Crippen LogP contribution < -0.4 is 10.1 Å². The van der Waals surface area contributed by atoms with E-state index >= 15 is 0 Å². The SMILES string of the molecule is CCCCOC(=O)CNC(=O)c1cccc(OC)c1. The molecule has 0 spiro atoms. The van der Waals surface area contributed by atoms with Crippen molar-refractivity contribution in [3.05, 3.63) is 29.8 Å². The van der Waals surface area contributed by atoms with Crippen LogP contribution in [-0.2, 0) is 9.53 Å². The summed E-state index contributed by atoms with van der Waals surface area (Å²) in [4.78, 5) is 23.1. The molecule has 5 heteroatoms. The molecular formula is C14H19NO4. The number of methoxy groups -OCH3 is 1. The lowest BCUT2D eigenvalue weighted by molar-refractivity contribution is -0.142. The second-order valence-electron chi connectivity index (χ2n) is 3.99. The first-order chi connectivity index (χ1) is 9.17. The standard InChI is InChI=1S/C14H19NO4/c1-3-4-8-19-13(16)10-15-14(17)11-6-5-7-12(9-11)18-2/h5-7,9H,3-4,8,10H2,1-2H3,(H,15,17). The van der Waals surface area contributed by atoms with Crippen LogP contribution >= 0.6 is 0 Å². The fourth-order valence-electron chi connectivity index (χ4n) is 1.40. The molecule has 0 saturated carbocycles. The highest BCUT2D eigenvalue weighted by molar-refractivity contribution is 5.96. The first kappa shape index (κ1) is 15.0. The predicted molar refractivity (Wildman–Crippen MR) is 71.2 cm³/mol. The van der Waals surface area contributed by atoms with Crippen LogP contribution in [0.15, 0.2) is 24.3 Å². The summed E-state index contributed by atoms with van der Waals surface area (Å²) in [5.41, 5.74) is 0.445. The molecule has 19 heavy (non-hydrogen) atoms. The Bertz CT molecular complexity index is 431. The van der Waals surface area contributed by atoms with E-state index in [9.17, 15) is 9.59 Å². The topological polar surface area (TPSA) is 64.6 Å². The summed E-state index contributed by atoms with van der Waals surface area (Å²) in [6.45, 7) is 2.28. The number of hydrogen-bond acceptors (Lipinski definition) is 4. The molecule has 0 atom stereocenters. The van der Waals surface area contributed by atoms with Gasteiger partial charge in [-0.3, -0.25) is 9.59 Å². The van der Waals surface area contributed by atoms with Crippen molar-refractivity contribution in [2.45, 2.75) is 19.8 Å². The summed E-state index contributed by atoms with van der Waals surface area (Å²) in [5, 5.41) is 2.51. The third-order valence-corrected chi connectivity index (χ3v) is 2.49. The lowest BCUT2D eigenvalue weighted by Gasteiger charge is -2.07. The summed E-state index contributed by atoms with van der Waals surface area (Å²) in [7, 11) is 1.53. The Morgan fingerprint density at radius 3 is 2.79 bits per heavy atom. The minimum absolute atomic E-state index is 0.125. The Hall–Kier alpha value is -2.04. The number of benzene rings is 1. The zero-order chi connectivity index (χ0) is 14.1. The van der Waals surface area contributed by atoms with Gasteiger partial charge in [0.15, 0.2) is 0 Å². The minimum Gasteiger partial charge on any atom is -0.497 e. The lowest BCUT2D eigenvalue weighted by atomic mass is 10.2. The first-order valence-corrected chi connectivity index (χ1v) is 6.25. The zero-order valence-electron chi connectivity index (χ0n) is 11.3. The molecule has 0 fully saturated rings. The number of ether oxygens (including phenoxy) is 2. The third kappa shape index (κ3) is 5.42. The Balaban J connectivity index is 2.40. The number of amides is 1. The van der Waals surface area contributed by atoms with Gasteiger partial charge in [0.1, 0.15) is 12.3 Å². The van der Waals surface area contributed by atoms with E-state index in [1.54, 1.807) is 24.3 Å². The van der Waals surface area contributed by atoms with Crippen LogP contribution in [0.4, 0.5) is 0 Å². The van der Waals surface area contributed by atoms with E-state index in [1.807, 2.05) is 6.92 Å². The normalized spacial score (nSPS) is 9.79. The van der Waals surface area contributed by atoms with E-state index in [4.69, 9.17) is 9.47 Å². The van der Waals surface area contributed by atoms with Gasteiger partial charge < -0.3 is 14.8 Å². The summed E-state index contributed by atoms with van der Waals surface area (Å²) in [6, 6.07) is 6.72. The van der Waals surface area contributed by atoms with Crippen LogP contribution in [0.2, 0.25) is 0 Å². The molecule has 0 aliphatic heterocycles. The highest BCUT2D eigenvalue weighted by Gasteiger charge is 2.09. The Kier molecular flexibility index (Phi) is 6.43. The van der Waals surface area contributed by atoms with Gasteiger partial charge in [-0.25, -0.2) is 0 Å². The minimum atomic E-state index is -0.426. The number of carbonyl (C=O) groups excluding carboxylic acids is 2. The van der Waals surface area contributed by atoms with Crippen molar-refractivity contribution < 1.29 is 19.1 Å². The molecule has 0 aliphatic rings. The molecule has 0 radical (unpaired) electrons. The molecule has 104 valence electrons. The van der Waals surface area contributed by atoms with Gasteiger partial charge >= 0.3 is 5.97 Å². The van der Waals surface area contributed by atoms with Crippen LogP contribution in [0, 0.1) is 0 Å². The Morgan fingerprint density at radius 2 is 2.11 bits per heavy atom. The van der Waals surface area contributed by atoms with Crippen molar-refractivity contribution in [1.29, 1.82) is 0 Å². The average molecular weight is 265 g/mol. The fraction of sp³-hybridized carbons (Fsp3) is 0.429. The second kappa shape index (κ2) is 8.13. The molecular weight excluding hydrogens is 246 g/mol. The van der Waals surface area contributed by atoms with Crippen LogP contribution in [0.3, 0.4) is 0 Å². The Morgan fingerprint density at radius 1 is 1.32 bits per heavy atom. The van der Waals surface area contributed by atoms with Crippen molar-refractivity contribution in [1.82, 2.24) is 5.32 Å². The van der Waals surface area contributed by atoms with Gasteiger partial charge in [-0.1, -0.05) is 19.4 Å². The van der Waals surface area contributed by atoms with E-state index in [0.29, 0.717) is 17.9 Å². The van der Waals surface area contributed by atoms with Gasteiger partial charge in [-0.15, -0.1) is 0 Å². The van der Waals surface area contributed by atoms with Crippen molar-refractivity contribution >= 4 is 11.9 Å². The van der Waals surface area contributed by atoms with Crippen molar-refractivity contribution in [2.24, 2.45) is 0 Å². The number of unbranched alkanes of at least 4 members (excludes halogenated alkanes) is 1. The molecule has 1 amide bonds. The molecule has 0 unspecified atom stereocenters. The number of esters is 1. The molecule has 0 heterocycles. The summed E-state index contributed by atoms with van der Waals surface area (Å²) >= 11 is 0. The molecule has 1 aromatic rings. The maximum absolute atomic E-state index is 11.8. The fourth-order valence-corrected chi connectivity index (χ4v) is 1.40. The molecule has 0 bridgehead atoms. The van der Waals surface area contributed by atoms with E-state index in [0.717, 1.165) is 12.8 Å². The second-order valence-corrected chi connectivity index (χ2v) is 3.99. The van der Waals surface area contributed by atoms with Gasteiger partial charge in [0.05, 0.1) is 13.7 Å². The molecule has 1 N–H and O–H groups in total. The van der Waals surface area contributed by atoms with Crippen LogP contribution in [-0.4, -0.2) is 32.1 Å². The summed E-state index contributed by atoms with van der Waals surface area (Å²) < 4.78 is 9.96. The summed E-state index contributed by atoms with van der Waals surface area (Å²) in [5.74, 6) is -0.158. The van der Waals surface area contributed by atoms with E-state index in [-0.39, 0.29) is 12.5 Å². The van der Waals surface area contributed by atoms with Crippen LogP contribution in [0.1, 0.15) is 30.1 Å². The number of nitrogens with one attached hydrogen (secondary N) is 1. The van der Waals surface area contributed by atoms with Crippen LogP contribution in [0.25, 0.3) is 0 Å². The molecule has 0 saturated heterocycles. The predicted octanol–water partition coefficient (Wildman–Crippen LogP) is 1.77. The van der Waals surface area contributed by atoms with Crippen molar-refractivity contribution in [2.75, 3.05) is 20.3 Å². The first-order valence-electron chi connectivity index (χ1n) is 6.25. The number of rotatable bonds is 7. The molecule has 1 rings (SSSR count). The van der Waals surface area contributed by atoms with Gasteiger partial charge in [-0.2, -0.15) is 0 Å². The number of carbonyl (C=O) groups is 2. The average Bonchev–Trinajstić information content (AvgIpc) is 2.45. The smallest absolute Gasteiger partial charge is 0.325 e. The van der Waals surface area contributed by atoms with Gasteiger partial charge in [-0.05, 0) is 24.6 Å². The quantitative estimate of drug-likeness (QED) is 0.603. The molecule has 1 aromatic carbocycles. The highest BCUT2D eigenvalue weighted by atomic mass is 16.5. The summed E-state index contributed by atoms with van der Waals surface area (Å²) in [6.07, 6.45) is 1.79. The third-order valence-electron chi connectivity index (χ3n) is 2.49. The molecule has 5 nitrogen and oxygen atoms in total. The van der Waals surface area contributed by atoms with E-state index in [2.05, 4.69) is 5.32 Å². The van der Waals surface area contributed by atoms with Gasteiger partial charge in [0.2, 0.25) is 0 Å². The largest absolute Gasteiger partial charge is 0.497 e. The lowest BCUT2D eigenvalue weighted by Crippen LogP contribution is -2.30. The molecule has 0 aromatic heterocycles. The van der Waals surface area contributed by atoms with E-state index in [1.165, 1.54) is 7.11 Å². The Labute approximate surface area is 112 Å². The molecule has 0 aliphatic carbocycles. The zero-order valence-corrected chi connectivity index (χ0v) is 11.3.